The van der Waals surface area contributed by atoms with Gasteiger partial charge in [0.05, 0.1) is 11.5 Å². The average molecular weight is 398 g/mol. The smallest absolute Gasteiger partial charge is 0.326 e. The van der Waals surface area contributed by atoms with Crippen molar-refractivity contribution in [1.29, 1.82) is 0 Å². The zero-order valence-corrected chi connectivity index (χ0v) is 17.1. The van der Waals surface area contributed by atoms with Gasteiger partial charge in [0.2, 0.25) is 0 Å². The zero-order chi connectivity index (χ0) is 20.4. The molecule has 2 amide bonds. The molecule has 7 heteroatoms. The summed E-state index contributed by atoms with van der Waals surface area (Å²) in [7, 11) is 0. The molecule has 3 rings (SSSR count). The van der Waals surface area contributed by atoms with Gasteiger partial charge in [0.1, 0.15) is 6.54 Å². The number of esters is 1. The topological polar surface area (TPSA) is 68.6 Å². The molecule has 0 spiro atoms. The molecule has 0 aliphatic carbocycles. The number of thioether (sulfide) groups is 1. The molecule has 0 N–H and O–H groups in total. The summed E-state index contributed by atoms with van der Waals surface area (Å²) in [5.41, 5.74) is 5.08. The largest absolute Gasteiger partial charge is 0.465 e. The first-order valence-electron chi connectivity index (χ1n) is 8.98. The van der Waals surface area contributed by atoms with E-state index in [1.807, 2.05) is 39.0 Å². The van der Waals surface area contributed by atoms with Crippen molar-refractivity contribution in [3.05, 3.63) is 57.8 Å². The van der Waals surface area contributed by atoms with E-state index in [2.05, 4.69) is 16.7 Å². The SMILES string of the molecule is CCOC(=O)CN1C(=O)S/C(=C\c2cc(C)n(-c3ccc(C)cc3)c2C)C1=O. The molecular formula is C21H22N2O4S. The van der Waals surface area contributed by atoms with E-state index >= 15 is 0 Å². The van der Waals surface area contributed by atoms with Crippen molar-refractivity contribution in [3.63, 3.8) is 0 Å². The molecule has 1 aliphatic heterocycles. The molecule has 1 saturated heterocycles. The van der Waals surface area contributed by atoms with Crippen LogP contribution in [0.3, 0.4) is 0 Å². The van der Waals surface area contributed by atoms with Crippen LogP contribution in [-0.2, 0) is 14.3 Å². The number of aryl methyl sites for hydroxylation is 2. The van der Waals surface area contributed by atoms with Gasteiger partial charge >= 0.3 is 5.97 Å². The van der Waals surface area contributed by atoms with E-state index in [0.717, 1.165) is 39.3 Å². The Morgan fingerprint density at radius 2 is 1.82 bits per heavy atom. The highest BCUT2D eigenvalue weighted by molar-refractivity contribution is 8.18. The molecule has 1 fully saturated rings. The lowest BCUT2D eigenvalue weighted by Crippen LogP contribution is -2.34. The van der Waals surface area contributed by atoms with Crippen LogP contribution < -0.4 is 0 Å². The van der Waals surface area contributed by atoms with Crippen LogP contribution >= 0.6 is 11.8 Å². The van der Waals surface area contributed by atoms with Crippen molar-refractivity contribution in [2.45, 2.75) is 27.7 Å². The molecule has 6 nitrogen and oxygen atoms in total. The first-order valence-corrected chi connectivity index (χ1v) is 9.80. The van der Waals surface area contributed by atoms with E-state index < -0.39 is 17.1 Å². The summed E-state index contributed by atoms with van der Waals surface area (Å²) in [5, 5.41) is -0.461. The predicted octanol–water partition coefficient (Wildman–Crippen LogP) is 4.00. The fourth-order valence-corrected chi connectivity index (χ4v) is 3.97. The van der Waals surface area contributed by atoms with Crippen LogP contribution in [0.15, 0.2) is 35.2 Å². The molecule has 28 heavy (non-hydrogen) atoms. The number of rotatable bonds is 5. The van der Waals surface area contributed by atoms with Gasteiger partial charge in [0, 0.05) is 17.1 Å². The van der Waals surface area contributed by atoms with Gasteiger partial charge in [-0.05, 0) is 69.3 Å². The van der Waals surface area contributed by atoms with Crippen LogP contribution in [0.4, 0.5) is 4.79 Å². The first kappa shape index (κ1) is 19.9. The molecule has 2 heterocycles. The maximum absolute atomic E-state index is 12.6. The van der Waals surface area contributed by atoms with Gasteiger partial charge in [0.15, 0.2) is 0 Å². The number of nitrogens with zero attached hydrogens (tertiary/aromatic N) is 2. The quantitative estimate of drug-likeness (QED) is 0.562. The van der Waals surface area contributed by atoms with Crippen molar-refractivity contribution in [1.82, 2.24) is 9.47 Å². The molecule has 1 aromatic heterocycles. The van der Waals surface area contributed by atoms with Crippen LogP contribution in [0.25, 0.3) is 11.8 Å². The molecule has 0 saturated carbocycles. The monoisotopic (exact) mass is 398 g/mol. The number of hydrogen-bond donors (Lipinski definition) is 0. The van der Waals surface area contributed by atoms with Gasteiger partial charge in [-0.15, -0.1) is 0 Å². The van der Waals surface area contributed by atoms with Gasteiger partial charge in [-0.25, -0.2) is 0 Å². The fraction of sp³-hybridized carbons (Fsp3) is 0.286. The summed E-state index contributed by atoms with van der Waals surface area (Å²) >= 11 is 0.840. The van der Waals surface area contributed by atoms with E-state index in [1.54, 1.807) is 13.0 Å². The van der Waals surface area contributed by atoms with Gasteiger partial charge in [-0.3, -0.25) is 19.3 Å². The maximum Gasteiger partial charge on any atom is 0.326 e. The van der Waals surface area contributed by atoms with Gasteiger partial charge in [0.25, 0.3) is 11.1 Å². The van der Waals surface area contributed by atoms with E-state index in [4.69, 9.17) is 4.74 Å². The standard InChI is InChI=1S/C21H22N2O4S/c1-5-27-19(24)12-22-20(25)18(28-21(22)26)11-16-10-14(3)23(15(16)4)17-8-6-13(2)7-9-17/h6-11H,5,12H2,1-4H3/b18-11-. The highest BCUT2D eigenvalue weighted by Gasteiger charge is 2.36. The lowest BCUT2D eigenvalue weighted by atomic mass is 10.2. The zero-order valence-electron chi connectivity index (χ0n) is 16.3. The molecule has 0 bridgehead atoms. The highest BCUT2D eigenvalue weighted by atomic mass is 32.2. The Hall–Kier alpha value is -2.80. The third-order valence-corrected chi connectivity index (χ3v) is 5.42. The van der Waals surface area contributed by atoms with Crippen molar-refractivity contribution in [3.8, 4) is 5.69 Å². The summed E-state index contributed by atoms with van der Waals surface area (Å²) in [4.78, 5) is 37.6. The maximum atomic E-state index is 12.6. The van der Waals surface area contributed by atoms with Crippen molar-refractivity contribution < 1.29 is 19.1 Å². The predicted molar refractivity (Wildman–Crippen MR) is 109 cm³/mol. The van der Waals surface area contributed by atoms with Crippen molar-refractivity contribution in [2.75, 3.05) is 13.2 Å². The van der Waals surface area contributed by atoms with E-state index in [0.29, 0.717) is 4.91 Å². The Morgan fingerprint density at radius 1 is 1.14 bits per heavy atom. The summed E-state index contributed by atoms with van der Waals surface area (Å²) in [6, 6.07) is 10.2. The fourth-order valence-electron chi connectivity index (χ4n) is 3.14. The highest BCUT2D eigenvalue weighted by Crippen LogP contribution is 2.33. The molecule has 146 valence electrons. The summed E-state index contributed by atoms with van der Waals surface area (Å²) < 4.78 is 6.94. The van der Waals surface area contributed by atoms with Crippen LogP contribution in [0.1, 0.15) is 29.4 Å². The number of hydrogen-bond acceptors (Lipinski definition) is 5. The van der Waals surface area contributed by atoms with Crippen LogP contribution in [0, 0.1) is 20.8 Å². The lowest BCUT2D eigenvalue weighted by molar-refractivity contribution is -0.145. The second-order valence-corrected chi connectivity index (χ2v) is 7.56. The van der Waals surface area contributed by atoms with Crippen molar-refractivity contribution in [2.24, 2.45) is 0 Å². The van der Waals surface area contributed by atoms with Gasteiger partial charge in [-0.1, -0.05) is 17.7 Å². The summed E-state index contributed by atoms with van der Waals surface area (Å²) in [6.45, 7) is 7.53. The first-order chi connectivity index (χ1) is 13.3. The normalized spacial score (nSPS) is 15.6. The molecular weight excluding hydrogens is 376 g/mol. The third-order valence-electron chi connectivity index (χ3n) is 4.52. The Labute approximate surface area is 168 Å². The minimum Gasteiger partial charge on any atom is -0.465 e. The van der Waals surface area contributed by atoms with Crippen LogP contribution in [-0.4, -0.2) is 39.7 Å². The summed E-state index contributed by atoms with van der Waals surface area (Å²) in [6.07, 6.45) is 1.71. The number of carbonyl (C=O) groups excluding carboxylic acids is 3. The second kappa shape index (κ2) is 8.06. The number of aromatic nitrogens is 1. The molecule has 1 aliphatic rings. The number of benzene rings is 1. The Morgan fingerprint density at radius 3 is 2.46 bits per heavy atom. The lowest BCUT2D eigenvalue weighted by Gasteiger charge is -2.11. The molecule has 0 unspecified atom stereocenters. The van der Waals surface area contributed by atoms with Crippen LogP contribution in [0.2, 0.25) is 0 Å². The minimum atomic E-state index is -0.594. The Bertz CT molecular complexity index is 973. The van der Waals surface area contributed by atoms with E-state index in [-0.39, 0.29) is 13.2 Å². The average Bonchev–Trinajstić information content (AvgIpc) is 3.06. The molecule has 1 aromatic carbocycles. The number of carbonyl (C=O) groups is 3. The summed E-state index contributed by atoms with van der Waals surface area (Å²) in [5.74, 6) is -1.06. The van der Waals surface area contributed by atoms with E-state index in [9.17, 15) is 14.4 Å². The molecule has 0 radical (unpaired) electrons. The number of imide groups is 1. The third kappa shape index (κ3) is 3.89. The van der Waals surface area contributed by atoms with Crippen LogP contribution in [0.5, 0.6) is 0 Å². The van der Waals surface area contributed by atoms with Gasteiger partial charge < -0.3 is 9.30 Å². The number of ether oxygens (including phenoxy) is 1. The molecule has 0 atom stereocenters. The molecule has 2 aromatic rings. The Balaban J connectivity index is 1.89. The van der Waals surface area contributed by atoms with Gasteiger partial charge in [-0.2, -0.15) is 0 Å². The number of amides is 2. The van der Waals surface area contributed by atoms with E-state index in [1.165, 1.54) is 5.56 Å². The van der Waals surface area contributed by atoms with Crippen molar-refractivity contribution >= 4 is 35.0 Å². The minimum absolute atomic E-state index is 0.204. The Kier molecular flexibility index (Phi) is 5.74. The second-order valence-electron chi connectivity index (χ2n) is 6.57.